The molecule has 20 heavy (non-hydrogen) atoms. The van der Waals surface area contributed by atoms with Crippen LogP contribution >= 0.6 is 11.3 Å². The van der Waals surface area contributed by atoms with Gasteiger partial charge < -0.3 is 4.57 Å². The number of hydrogen-bond acceptors (Lipinski definition) is 3. The number of aromatic nitrogens is 4. The van der Waals surface area contributed by atoms with E-state index >= 15 is 0 Å². The van der Waals surface area contributed by atoms with Gasteiger partial charge in [-0.15, -0.1) is 0 Å². The van der Waals surface area contributed by atoms with E-state index in [9.17, 15) is 0 Å². The molecule has 0 saturated carbocycles. The average molecular weight is 282 g/mol. The third-order valence-corrected chi connectivity index (χ3v) is 4.96. The first-order chi connectivity index (χ1) is 11.1. The Morgan fingerprint density at radius 3 is 3.15 bits per heavy atom. The molecule has 0 radical (unpaired) electrons. The average Bonchev–Trinajstić information content (AvgIpc) is 3.12. The van der Waals surface area contributed by atoms with E-state index in [1.165, 1.54) is 15.9 Å². The van der Waals surface area contributed by atoms with Crippen LogP contribution in [0.3, 0.4) is 0 Å². The van der Waals surface area contributed by atoms with Crippen LogP contribution in [0.2, 0.25) is 0 Å². The van der Waals surface area contributed by atoms with Crippen LogP contribution in [-0.4, -0.2) is 14.5 Å². The van der Waals surface area contributed by atoms with Gasteiger partial charge in [-0.2, -0.15) is 4.57 Å². The molecule has 0 spiro atoms. The van der Waals surface area contributed by atoms with Gasteiger partial charge in [0.2, 0.25) is 0 Å². The van der Waals surface area contributed by atoms with E-state index < -0.39 is 6.98 Å². The van der Waals surface area contributed by atoms with E-state index in [4.69, 9.17) is 4.11 Å². The molecule has 4 nitrogen and oxygen atoms in total. The van der Waals surface area contributed by atoms with Crippen molar-refractivity contribution in [3.8, 4) is 10.7 Å². The Labute approximate surface area is 123 Å². The first kappa shape index (κ1) is 8.11. The highest BCUT2D eigenvalue weighted by atomic mass is 32.1. The molecule has 0 aromatic carbocycles. The second-order valence-electron chi connectivity index (χ2n) is 4.86. The largest absolute Gasteiger partial charge is 0.329 e. The first-order valence-electron chi connectivity index (χ1n) is 7.82. The zero-order valence-corrected chi connectivity index (χ0v) is 11.2. The van der Waals surface area contributed by atoms with Gasteiger partial charge in [0.1, 0.15) is 0 Å². The van der Waals surface area contributed by atoms with Crippen LogP contribution in [0.1, 0.15) is 9.68 Å². The minimum absolute atomic E-state index is 0.646. The summed E-state index contributed by atoms with van der Waals surface area (Å²) in [6, 6.07) is 7.57. The van der Waals surface area contributed by atoms with Crippen molar-refractivity contribution in [3.63, 3.8) is 0 Å². The van der Waals surface area contributed by atoms with Crippen LogP contribution in [0.4, 0.5) is 0 Å². The topological polar surface area (TPSA) is 34.6 Å². The Kier molecular flexibility index (Phi) is 1.39. The van der Waals surface area contributed by atoms with E-state index in [1.807, 2.05) is 12.1 Å². The van der Waals surface area contributed by atoms with Crippen molar-refractivity contribution in [2.24, 2.45) is 6.98 Å². The zero-order chi connectivity index (χ0) is 15.8. The molecule has 1 aliphatic rings. The Hall–Kier alpha value is -2.27. The number of hydrogen-bond donors (Lipinski definition) is 0. The van der Waals surface area contributed by atoms with Gasteiger partial charge >= 0.3 is 0 Å². The van der Waals surface area contributed by atoms with Crippen molar-refractivity contribution < 1.29 is 8.68 Å². The van der Waals surface area contributed by atoms with Gasteiger partial charge in [-0.1, -0.05) is 0 Å². The van der Waals surface area contributed by atoms with E-state index in [2.05, 4.69) is 20.6 Å². The molecular formula is C15H11N4S+. The van der Waals surface area contributed by atoms with Gasteiger partial charge in [0.15, 0.2) is 22.6 Å². The lowest BCUT2D eigenvalue weighted by atomic mass is 10.2. The summed E-state index contributed by atoms with van der Waals surface area (Å²) < 4.78 is 27.3. The van der Waals surface area contributed by atoms with E-state index in [1.54, 1.807) is 18.5 Å². The molecule has 0 amide bonds. The molecule has 4 aromatic rings. The lowest BCUT2D eigenvalue weighted by Crippen LogP contribution is -2.30. The number of fused-ring (bicyclic) bond motifs is 7. The van der Waals surface area contributed by atoms with Gasteiger partial charge in [-0.25, -0.2) is 9.97 Å². The van der Waals surface area contributed by atoms with Crippen LogP contribution in [0.5, 0.6) is 0 Å². The van der Waals surface area contributed by atoms with Crippen LogP contribution < -0.4 is 4.57 Å². The van der Waals surface area contributed by atoms with Crippen molar-refractivity contribution in [1.29, 1.82) is 0 Å². The minimum atomic E-state index is -2.24. The molecule has 5 heterocycles. The van der Waals surface area contributed by atoms with Crippen LogP contribution in [0, 0.1) is 0 Å². The Balaban J connectivity index is 1.96. The van der Waals surface area contributed by atoms with Crippen LogP contribution in [0.15, 0.2) is 36.7 Å². The number of rotatable bonds is 0. The van der Waals surface area contributed by atoms with E-state index in [0.717, 1.165) is 32.1 Å². The highest BCUT2D eigenvalue weighted by Gasteiger charge is 2.35. The highest BCUT2D eigenvalue weighted by molar-refractivity contribution is 7.21. The van der Waals surface area contributed by atoms with E-state index in [-0.39, 0.29) is 0 Å². The van der Waals surface area contributed by atoms with Crippen molar-refractivity contribution >= 4 is 32.7 Å². The Morgan fingerprint density at radius 1 is 1.30 bits per heavy atom. The Morgan fingerprint density at radius 2 is 2.20 bits per heavy atom. The molecule has 1 aliphatic heterocycles. The highest BCUT2D eigenvalue weighted by Crippen LogP contribution is 2.37. The molecular weight excluding hydrogens is 268 g/mol. The lowest BCUT2D eigenvalue weighted by Gasteiger charge is -1.93. The quantitative estimate of drug-likeness (QED) is 0.409. The molecule has 0 N–H and O–H groups in total. The summed E-state index contributed by atoms with van der Waals surface area (Å²) in [5.74, 6) is 0. The summed E-state index contributed by atoms with van der Waals surface area (Å²) >= 11 is 1.47. The molecule has 0 aliphatic carbocycles. The normalized spacial score (nSPS) is 15.9. The van der Waals surface area contributed by atoms with Crippen molar-refractivity contribution in [3.05, 3.63) is 42.2 Å². The maximum Gasteiger partial charge on any atom is 0.291 e. The summed E-state index contributed by atoms with van der Waals surface area (Å²) in [4.78, 5) is 9.64. The molecule has 0 unspecified atom stereocenters. The molecule has 0 atom stereocenters. The second-order valence-corrected chi connectivity index (χ2v) is 5.84. The lowest BCUT2D eigenvalue weighted by molar-refractivity contribution is -0.641. The van der Waals surface area contributed by atoms with Crippen molar-refractivity contribution in [1.82, 2.24) is 14.5 Å². The summed E-state index contributed by atoms with van der Waals surface area (Å²) in [6.07, 6.45) is 3.48. The fraction of sp³-hybridized carbons (Fsp3) is 0.133. The second kappa shape index (κ2) is 3.43. The van der Waals surface area contributed by atoms with Crippen molar-refractivity contribution in [2.75, 3.05) is 0 Å². The predicted octanol–water partition coefficient (Wildman–Crippen LogP) is 2.50. The molecule has 96 valence electrons. The van der Waals surface area contributed by atoms with Crippen LogP contribution in [-0.2, 0) is 13.5 Å². The number of thiazole rings is 1. The monoisotopic (exact) mass is 282 g/mol. The summed E-state index contributed by atoms with van der Waals surface area (Å²) in [5, 5.41) is 0.996. The maximum absolute atomic E-state index is 7.90. The maximum atomic E-state index is 7.90. The fourth-order valence-electron chi connectivity index (χ4n) is 2.92. The number of aryl methyl sites for hydroxylation is 1. The van der Waals surface area contributed by atoms with Gasteiger partial charge in [0, 0.05) is 23.5 Å². The smallest absolute Gasteiger partial charge is 0.291 e. The molecule has 5 heteroatoms. The summed E-state index contributed by atoms with van der Waals surface area (Å²) in [6.45, 7) is -1.54. The molecule has 0 fully saturated rings. The van der Waals surface area contributed by atoms with Crippen LogP contribution in [0.25, 0.3) is 32.1 Å². The molecule has 5 rings (SSSR count). The van der Waals surface area contributed by atoms with Gasteiger partial charge in [-0.05, 0) is 35.6 Å². The van der Waals surface area contributed by atoms with E-state index in [0.29, 0.717) is 12.1 Å². The van der Waals surface area contributed by atoms with Gasteiger partial charge in [-0.3, -0.25) is 0 Å². The Bertz CT molecular complexity index is 1090. The standard InChI is InChI=1S/C15H11N4S/c1-18-10-5-3-7-17-12(10)13-15(18)20-14-11-9(8-19(13)14)4-2-6-16-11/h2-7H,8H2,1H3/q+1/i1D3. The number of pyridine rings is 2. The fourth-order valence-corrected chi connectivity index (χ4v) is 4.14. The number of nitrogens with zero attached hydrogens (tertiary/aromatic N) is 4. The molecule has 4 aromatic heterocycles. The van der Waals surface area contributed by atoms with Gasteiger partial charge in [0.05, 0.1) is 11.1 Å². The SMILES string of the molecule is [2H]C([2H])([2H])n1c2cccnc2c2c1sc1[n+]2Cc2cccnc2-1. The zero-order valence-electron chi connectivity index (χ0n) is 13.4. The van der Waals surface area contributed by atoms with Gasteiger partial charge in [0.25, 0.3) is 10.5 Å². The third kappa shape index (κ3) is 1.10. The van der Waals surface area contributed by atoms with Crippen molar-refractivity contribution in [2.45, 2.75) is 6.54 Å². The predicted molar refractivity (Wildman–Crippen MR) is 78.6 cm³/mol. The first-order valence-corrected chi connectivity index (χ1v) is 7.14. The summed E-state index contributed by atoms with van der Waals surface area (Å²) in [7, 11) is 0. The molecule has 0 saturated heterocycles. The third-order valence-electron chi connectivity index (χ3n) is 3.79. The summed E-state index contributed by atoms with van der Waals surface area (Å²) in [5.41, 5.74) is 4.36. The molecule has 0 bridgehead atoms. The minimum Gasteiger partial charge on any atom is -0.329 e.